The predicted octanol–water partition coefficient (Wildman–Crippen LogP) is 1.10. The monoisotopic (exact) mass is 288 g/mol. The summed E-state index contributed by atoms with van der Waals surface area (Å²) < 4.78 is 10.4. The first-order chi connectivity index (χ1) is 10.1. The van der Waals surface area contributed by atoms with Gasteiger partial charge in [-0.25, -0.2) is 9.97 Å². The fourth-order valence-corrected chi connectivity index (χ4v) is 1.82. The number of benzene rings is 1. The number of carbonyl (C=O) groups excluding carboxylic acids is 1. The molecule has 0 saturated heterocycles. The average Bonchev–Trinajstić information content (AvgIpc) is 2.53. The van der Waals surface area contributed by atoms with E-state index in [-0.39, 0.29) is 17.3 Å². The van der Waals surface area contributed by atoms with E-state index in [2.05, 4.69) is 15.3 Å². The molecule has 1 heterocycles. The van der Waals surface area contributed by atoms with Gasteiger partial charge in [-0.15, -0.1) is 0 Å². The lowest BCUT2D eigenvalue weighted by molar-refractivity contribution is 0.0963. The van der Waals surface area contributed by atoms with Gasteiger partial charge in [-0.2, -0.15) is 0 Å². The molecule has 0 spiro atoms. The minimum Gasteiger partial charge on any atom is -0.497 e. The zero-order chi connectivity index (χ0) is 15.4. The second kappa shape index (κ2) is 6.08. The van der Waals surface area contributed by atoms with Crippen LogP contribution >= 0.6 is 0 Å². The number of nitrogens with one attached hydrogen (secondary N) is 1. The molecule has 110 valence electrons. The van der Waals surface area contributed by atoms with Crippen molar-refractivity contribution in [3.8, 4) is 22.9 Å². The molecule has 0 fully saturated rings. The van der Waals surface area contributed by atoms with Gasteiger partial charge in [0.15, 0.2) is 5.82 Å². The Hall–Kier alpha value is -2.83. The van der Waals surface area contributed by atoms with E-state index in [1.165, 1.54) is 13.2 Å². The smallest absolute Gasteiger partial charge is 0.256 e. The first-order valence-corrected chi connectivity index (χ1v) is 6.17. The number of aromatic nitrogens is 2. The largest absolute Gasteiger partial charge is 0.497 e. The van der Waals surface area contributed by atoms with Crippen molar-refractivity contribution in [3.05, 3.63) is 30.0 Å². The Morgan fingerprint density at radius 2 is 2.05 bits per heavy atom. The molecule has 0 radical (unpaired) electrons. The zero-order valence-corrected chi connectivity index (χ0v) is 12.0. The van der Waals surface area contributed by atoms with Crippen LogP contribution in [-0.4, -0.2) is 37.1 Å². The van der Waals surface area contributed by atoms with E-state index >= 15 is 0 Å². The first-order valence-electron chi connectivity index (χ1n) is 6.17. The molecule has 1 aromatic carbocycles. The second-order valence-electron chi connectivity index (χ2n) is 4.14. The Kier molecular flexibility index (Phi) is 4.22. The number of anilines is 1. The number of hydrogen-bond donors (Lipinski definition) is 2. The van der Waals surface area contributed by atoms with Gasteiger partial charge >= 0.3 is 0 Å². The maximum Gasteiger partial charge on any atom is 0.256 e. The van der Waals surface area contributed by atoms with Crippen LogP contribution in [0.4, 0.5) is 5.82 Å². The highest BCUT2D eigenvalue weighted by atomic mass is 16.5. The lowest BCUT2D eigenvalue weighted by Gasteiger charge is -2.10. The van der Waals surface area contributed by atoms with Crippen LogP contribution in [0.15, 0.2) is 24.4 Å². The Bertz CT molecular complexity index is 673. The van der Waals surface area contributed by atoms with Crippen LogP contribution in [-0.2, 0) is 0 Å². The van der Waals surface area contributed by atoms with Gasteiger partial charge in [0.25, 0.3) is 5.91 Å². The fourth-order valence-electron chi connectivity index (χ4n) is 1.82. The highest BCUT2D eigenvalue weighted by Crippen LogP contribution is 2.31. The Morgan fingerprint density at radius 1 is 1.29 bits per heavy atom. The molecule has 0 saturated carbocycles. The van der Waals surface area contributed by atoms with Crippen molar-refractivity contribution in [1.82, 2.24) is 15.3 Å². The summed E-state index contributed by atoms with van der Waals surface area (Å²) in [5.41, 5.74) is 6.70. The van der Waals surface area contributed by atoms with Gasteiger partial charge < -0.3 is 20.5 Å². The number of nitrogen functional groups attached to an aromatic ring is 1. The number of carbonyl (C=O) groups is 1. The summed E-state index contributed by atoms with van der Waals surface area (Å²) in [5, 5.41) is 2.48. The highest BCUT2D eigenvalue weighted by molar-refractivity contribution is 5.98. The third-order valence-electron chi connectivity index (χ3n) is 2.94. The predicted molar refractivity (Wildman–Crippen MR) is 78.4 cm³/mol. The maximum atomic E-state index is 11.6. The fraction of sp³-hybridized carbons (Fsp3) is 0.214. The molecule has 0 bridgehead atoms. The molecule has 0 aliphatic rings. The third-order valence-corrected chi connectivity index (χ3v) is 2.94. The van der Waals surface area contributed by atoms with Crippen LogP contribution in [0.3, 0.4) is 0 Å². The molecular weight excluding hydrogens is 272 g/mol. The Morgan fingerprint density at radius 3 is 2.62 bits per heavy atom. The normalized spacial score (nSPS) is 10.0. The number of methoxy groups -OCH3 is 2. The molecule has 0 atom stereocenters. The number of nitrogens with two attached hydrogens (primary N) is 1. The number of ether oxygens (including phenoxy) is 2. The van der Waals surface area contributed by atoms with Crippen molar-refractivity contribution in [1.29, 1.82) is 0 Å². The molecule has 1 aromatic heterocycles. The van der Waals surface area contributed by atoms with Crippen LogP contribution in [0.25, 0.3) is 11.4 Å². The van der Waals surface area contributed by atoms with Gasteiger partial charge in [0, 0.05) is 19.3 Å². The summed E-state index contributed by atoms with van der Waals surface area (Å²) in [6.07, 6.45) is 1.39. The summed E-state index contributed by atoms with van der Waals surface area (Å²) in [6, 6.07) is 5.26. The lowest BCUT2D eigenvalue weighted by Crippen LogP contribution is -2.20. The van der Waals surface area contributed by atoms with E-state index in [0.29, 0.717) is 22.9 Å². The van der Waals surface area contributed by atoms with E-state index < -0.39 is 0 Å². The lowest BCUT2D eigenvalue weighted by atomic mass is 10.1. The topological polar surface area (TPSA) is 99.4 Å². The van der Waals surface area contributed by atoms with Gasteiger partial charge in [-0.05, 0) is 12.1 Å². The van der Waals surface area contributed by atoms with Crippen LogP contribution in [0.2, 0.25) is 0 Å². The zero-order valence-electron chi connectivity index (χ0n) is 12.0. The van der Waals surface area contributed by atoms with Gasteiger partial charge in [0.2, 0.25) is 0 Å². The maximum absolute atomic E-state index is 11.6. The van der Waals surface area contributed by atoms with Crippen molar-refractivity contribution in [2.24, 2.45) is 0 Å². The molecule has 0 aliphatic heterocycles. The van der Waals surface area contributed by atoms with Gasteiger partial charge in [0.1, 0.15) is 17.3 Å². The Balaban J connectivity index is 2.47. The Labute approximate surface area is 122 Å². The molecule has 7 nitrogen and oxygen atoms in total. The van der Waals surface area contributed by atoms with Crippen molar-refractivity contribution in [2.45, 2.75) is 0 Å². The summed E-state index contributed by atoms with van der Waals surface area (Å²) in [4.78, 5) is 19.9. The minimum atomic E-state index is -0.333. The second-order valence-corrected chi connectivity index (χ2v) is 4.14. The minimum absolute atomic E-state index is 0.109. The van der Waals surface area contributed by atoms with E-state index in [4.69, 9.17) is 15.2 Å². The van der Waals surface area contributed by atoms with Crippen LogP contribution in [0.5, 0.6) is 11.5 Å². The van der Waals surface area contributed by atoms with E-state index in [1.54, 1.807) is 32.4 Å². The number of hydrogen-bond acceptors (Lipinski definition) is 6. The van der Waals surface area contributed by atoms with Crippen molar-refractivity contribution < 1.29 is 14.3 Å². The molecule has 0 unspecified atom stereocenters. The van der Waals surface area contributed by atoms with Crippen molar-refractivity contribution in [2.75, 3.05) is 27.0 Å². The molecule has 2 aromatic rings. The first kappa shape index (κ1) is 14.6. The molecule has 7 heteroatoms. The molecule has 1 amide bonds. The van der Waals surface area contributed by atoms with Gasteiger partial charge in [-0.1, -0.05) is 0 Å². The molecule has 2 rings (SSSR count). The van der Waals surface area contributed by atoms with E-state index in [0.717, 1.165) is 0 Å². The van der Waals surface area contributed by atoms with Crippen LogP contribution < -0.4 is 20.5 Å². The molecular formula is C14H16N4O3. The average molecular weight is 288 g/mol. The molecule has 3 N–H and O–H groups in total. The third kappa shape index (κ3) is 2.86. The highest BCUT2D eigenvalue weighted by Gasteiger charge is 2.15. The summed E-state index contributed by atoms with van der Waals surface area (Å²) in [6.45, 7) is 0. The molecule has 0 aliphatic carbocycles. The van der Waals surface area contributed by atoms with Crippen molar-refractivity contribution in [3.63, 3.8) is 0 Å². The standard InChI is InChI=1S/C14H16N4O3/c1-16-14(19)10-7-17-13(18-12(10)15)9-5-4-8(20-2)6-11(9)21-3/h4-7H,1-3H3,(H,16,19)(H2,15,17,18). The number of amides is 1. The SMILES string of the molecule is CNC(=O)c1cnc(-c2ccc(OC)cc2OC)nc1N. The van der Waals surface area contributed by atoms with E-state index in [1.807, 2.05) is 0 Å². The summed E-state index contributed by atoms with van der Waals surface area (Å²) in [7, 11) is 4.63. The number of rotatable bonds is 4. The van der Waals surface area contributed by atoms with Crippen LogP contribution in [0.1, 0.15) is 10.4 Å². The van der Waals surface area contributed by atoms with Crippen LogP contribution in [0, 0.1) is 0 Å². The van der Waals surface area contributed by atoms with E-state index in [9.17, 15) is 4.79 Å². The summed E-state index contributed by atoms with van der Waals surface area (Å²) in [5.74, 6) is 1.37. The number of nitrogens with zero attached hydrogens (tertiary/aromatic N) is 2. The molecule has 21 heavy (non-hydrogen) atoms. The summed E-state index contributed by atoms with van der Waals surface area (Å²) >= 11 is 0. The van der Waals surface area contributed by atoms with Gasteiger partial charge in [0.05, 0.1) is 25.3 Å². The van der Waals surface area contributed by atoms with Gasteiger partial charge in [-0.3, -0.25) is 4.79 Å². The quantitative estimate of drug-likeness (QED) is 0.874. The van der Waals surface area contributed by atoms with Crippen molar-refractivity contribution >= 4 is 11.7 Å².